The van der Waals surface area contributed by atoms with Gasteiger partial charge in [-0.25, -0.2) is 0 Å². The number of phenolic OH excluding ortho intramolecular Hbond substituents is 1. The van der Waals surface area contributed by atoms with Crippen LogP contribution < -0.4 is 5.73 Å². The van der Waals surface area contributed by atoms with Gasteiger partial charge in [-0.1, -0.05) is 6.92 Å². The van der Waals surface area contributed by atoms with Gasteiger partial charge < -0.3 is 25.5 Å². The minimum Gasteiger partial charge on any atom is -0.507 e. The molecule has 0 spiro atoms. The van der Waals surface area contributed by atoms with Crippen molar-refractivity contribution < 1.29 is 43.7 Å². The summed E-state index contributed by atoms with van der Waals surface area (Å²) in [5, 5.41) is 33.1. The fourth-order valence-electron chi connectivity index (χ4n) is 6.08. The number of hydrogen-bond acceptors (Lipinski definition) is 9. The third kappa shape index (κ3) is 2.60. The van der Waals surface area contributed by atoms with Crippen molar-refractivity contribution in [1.29, 1.82) is 0 Å². The molecule has 2 aromatic rings. The molecule has 3 aliphatic rings. The highest BCUT2D eigenvalue weighted by atomic mass is 16.3. The molecular weight excluding hydrogens is 446 g/mol. The monoisotopic (exact) mass is 467 g/mol. The van der Waals surface area contributed by atoms with Gasteiger partial charge in [0.2, 0.25) is 5.91 Å². The van der Waals surface area contributed by atoms with Crippen LogP contribution >= 0.6 is 0 Å². The molecule has 10 nitrogen and oxygen atoms in total. The molecule has 2 fully saturated rings. The summed E-state index contributed by atoms with van der Waals surface area (Å²) in [6, 6.07) is 6.12. The molecule has 2 unspecified atom stereocenters. The van der Waals surface area contributed by atoms with Gasteiger partial charge in [0.05, 0.1) is 23.8 Å². The van der Waals surface area contributed by atoms with E-state index in [-0.39, 0.29) is 5.56 Å². The number of aliphatic hydroxyl groups is 2. The molecule has 34 heavy (non-hydrogen) atoms. The summed E-state index contributed by atoms with van der Waals surface area (Å²) in [5.74, 6) is -12.8. The van der Waals surface area contributed by atoms with Gasteiger partial charge >= 0.3 is 0 Å². The number of fused-ring (bicyclic) bond motifs is 3. The Bertz CT molecular complexity index is 1280. The van der Waals surface area contributed by atoms with Crippen LogP contribution in [0.3, 0.4) is 0 Å². The van der Waals surface area contributed by atoms with E-state index in [1.54, 1.807) is 25.1 Å². The van der Waals surface area contributed by atoms with Crippen LogP contribution in [0.1, 0.15) is 35.2 Å². The molecule has 0 bridgehead atoms. The molecule has 1 aromatic carbocycles. The normalized spacial score (nSPS) is 34.9. The van der Waals surface area contributed by atoms with Crippen LogP contribution in [-0.2, 0) is 19.2 Å². The fraction of sp³-hybridized carbons (Fsp3) is 0.375. The number of ketones is 4. The third-order valence-corrected chi connectivity index (χ3v) is 7.62. The number of phenols is 1. The van der Waals surface area contributed by atoms with E-state index in [9.17, 15) is 39.3 Å². The number of aliphatic hydroxyl groups excluding tert-OH is 1. The summed E-state index contributed by atoms with van der Waals surface area (Å²) in [7, 11) is 0. The first kappa shape index (κ1) is 22.2. The van der Waals surface area contributed by atoms with E-state index in [4.69, 9.17) is 10.2 Å². The average molecular weight is 467 g/mol. The van der Waals surface area contributed by atoms with Crippen LogP contribution in [0.4, 0.5) is 0 Å². The molecular formula is C24H21NO9. The number of rotatable bonds is 2. The Balaban J connectivity index is 1.71. The van der Waals surface area contributed by atoms with Crippen molar-refractivity contribution in [2.24, 2.45) is 29.4 Å². The standard InChI is InChI=1S/C24H21NO9/c1-8-14-9(13-3-2-6-34-13)4-5-11(26)16(14)20(29)18-15(8)19(28)10-7-12(27)17(23(25)32)21(30)24(10,33)22(18)31/h2-6,8,10,15,17-19,26,28,33H,7H2,1H3,(H2,25,32)/t8-,10+,15+,17?,18?,19+,24+/m0/s1. The summed E-state index contributed by atoms with van der Waals surface area (Å²) >= 11 is 0. The second kappa shape index (κ2) is 7.18. The summed E-state index contributed by atoms with van der Waals surface area (Å²) in [4.78, 5) is 64.4. The van der Waals surface area contributed by atoms with Crippen LogP contribution in [0.25, 0.3) is 11.3 Å². The van der Waals surface area contributed by atoms with Crippen LogP contribution in [-0.4, -0.2) is 56.1 Å². The zero-order valence-corrected chi connectivity index (χ0v) is 17.9. The lowest BCUT2D eigenvalue weighted by Crippen LogP contribution is -2.72. The number of hydrogen-bond donors (Lipinski definition) is 4. The minimum absolute atomic E-state index is 0.170. The number of nitrogens with two attached hydrogens (primary N) is 1. The summed E-state index contributed by atoms with van der Waals surface area (Å²) in [5.41, 5.74) is 2.88. The predicted molar refractivity (Wildman–Crippen MR) is 112 cm³/mol. The highest BCUT2D eigenvalue weighted by Gasteiger charge is 2.70. The van der Waals surface area contributed by atoms with Crippen LogP contribution in [0, 0.1) is 23.7 Å². The Kier molecular flexibility index (Phi) is 4.68. The summed E-state index contributed by atoms with van der Waals surface area (Å²) < 4.78 is 5.46. The summed E-state index contributed by atoms with van der Waals surface area (Å²) in [6.07, 6.45) is -0.821. The molecule has 0 saturated heterocycles. The van der Waals surface area contributed by atoms with Crippen molar-refractivity contribution in [2.45, 2.75) is 31.0 Å². The van der Waals surface area contributed by atoms with E-state index < -0.39 is 82.5 Å². The lowest BCUT2D eigenvalue weighted by molar-refractivity contribution is -0.189. The number of amides is 1. The first-order chi connectivity index (χ1) is 16.0. The fourth-order valence-corrected chi connectivity index (χ4v) is 6.08. The van der Waals surface area contributed by atoms with Gasteiger partial charge in [-0.05, 0) is 35.7 Å². The lowest BCUT2D eigenvalue weighted by Gasteiger charge is -2.53. The highest BCUT2D eigenvalue weighted by Crippen LogP contribution is 2.55. The topological polar surface area (TPSA) is 185 Å². The molecule has 7 atom stereocenters. The molecule has 0 radical (unpaired) electrons. The van der Waals surface area contributed by atoms with Gasteiger partial charge in [0, 0.05) is 23.8 Å². The van der Waals surface area contributed by atoms with Crippen molar-refractivity contribution in [3.8, 4) is 17.1 Å². The van der Waals surface area contributed by atoms with Crippen molar-refractivity contribution in [2.75, 3.05) is 0 Å². The second-order valence-electron chi connectivity index (χ2n) is 9.20. The zero-order chi connectivity index (χ0) is 24.7. The van der Waals surface area contributed by atoms with Crippen molar-refractivity contribution in [1.82, 2.24) is 0 Å². The van der Waals surface area contributed by atoms with E-state index in [2.05, 4.69) is 0 Å². The number of carbonyl (C=O) groups is 5. The maximum absolute atomic E-state index is 13.6. The smallest absolute Gasteiger partial charge is 0.235 e. The number of aromatic hydroxyl groups is 1. The first-order valence-corrected chi connectivity index (χ1v) is 10.8. The Morgan fingerprint density at radius 2 is 1.85 bits per heavy atom. The highest BCUT2D eigenvalue weighted by molar-refractivity contribution is 6.31. The number of Topliss-reactive ketones (excluding diaryl/α,β-unsaturated/α-hetero) is 4. The van der Waals surface area contributed by atoms with Crippen LogP contribution in [0.15, 0.2) is 34.9 Å². The quantitative estimate of drug-likeness (QED) is 0.445. The Morgan fingerprint density at radius 1 is 1.15 bits per heavy atom. The van der Waals surface area contributed by atoms with E-state index in [0.717, 1.165) is 0 Å². The maximum atomic E-state index is 13.6. The Labute approximate surface area is 192 Å². The summed E-state index contributed by atoms with van der Waals surface area (Å²) in [6.45, 7) is 1.65. The molecule has 0 aliphatic heterocycles. The first-order valence-electron chi connectivity index (χ1n) is 10.8. The molecule has 5 N–H and O–H groups in total. The van der Waals surface area contributed by atoms with Crippen molar-refractivity contribution in [3.05, 3.63) is 41.7 Å². The second-order valence-corrected chi connectivity index (χ2v) is 9.20. The van der Waals surface area contributed by atoms with Gasteiger partial charge in [-0.2, -0.15) is 0 Å². The zero-order valence-electron chi connectivity index (χ0n) is 17.9. The van der Waals surface area contributed by atoms with E-state index in [1.165, 1.54) is 12.3 Å². The molecule has 176 valence electrons. The SMILES string of the molecule is C[C@H]1c2c(-c3ccco3)ccc(O)c2C(=O)C2C(=O)[C@]3(O)C(=O)C(C(N)=O)C(=O)C[C@@H]3[C@@H](O)[C@@H]21. The number of carbonyl (C=O) groups excluding carboxylic acids is 5. The largest absolute Gasteiger partial charge is 0.507 e. The van der Waals surface area contributed by atoms with E-state index >= 15 is 0 Å². The number of primary amides is 1. The Hall–Kier alpha value is -3.63. The molecule has 1 amide bonds. The molecule has 2 saturated carbocycles. The van der Waals surface area contributed by atoms with E-state index in [0.29, 0.717) is 16.9 Å². The molecule has 5 rings (SSSR count). The molecule has 1 aromatic heterocycles. The Morgan fingerprint density at radius 3 is 2.47 bits per heavy atom. The molecule has 3 aliphatic carbocycles. The lowest BCUT2D eigenvalue weighted by atomic mass is 9.50. The van der Waals surface area contributed by atoms with Crippen LogP contribution in [0.2, 0.25) is 0 Å². The van der Waals surface area contributed by atoms with Crippen LogP contribution in [0.5, 0.6) is 5.75 Å². The van der Waals surface area contributed by atoms with Crippen molar-refractivity contribution in [3.63, 3.8) is 0 Å². The average Bonchev–Trinajstić information content (AvgIpc) is 3.31. The van der Waals surface area contributed by atoms with Gasteiger partial charge in [-0.15, -0.1) is 0 Å². The predicted octanol–water partition coefficient (Wildman–Crippen LogP) is 0.119. The van der Waals surface area contributed by atoms with E-state index in [1.807, 2.05) is 0 Å². The van der Waals surface area contributed by atoms with Gasteiger partial charge in [0.1, 0.15) is 11.5 Å². The maximum Gasteiger partial charge on any atom is 0.235 e. The number of furan rings is 1. The van der Waals surface area contributed by atoms with Gasteiger partial charge in [0.15, 0.2) is 34.7 Å². The minimum atomic E-state index is -2.94. The van der Waals surface area contributed by atoms with Crippen molar-refractivity contribution >= 4 is 29.0 Å². The third-order valence-electron chi connectivity index (χ3n) is 7.62. The molecule has 10 heteroatoms. The van der Waals surface area contributed by atoms with Gasteiger partial charge in [-0.3, -0.25) is 24.0 Å². The molecule has 1 heterocycles. The van der Waals surface area contributed by atoms with Gasteiger partial charge in [0.25, 0.3) is 0 Å². The number of benzene rings is 1.